The molecule has 0 bridgehead atoms. The summed E-state index contributed by atoms with van der Waals surface area (Å²) in [6.45, 7) is 1.32. The van der Waals surface area contributed by atoms with E-state index in [4.69, 9.17) is 4.74 Å². The molecule has 1 aromatic carbocycles. The molecule has 7 heteroatoms. The van der Waals surface area contributed by atoms with Crippen LogP contribution in [0.15, 0.2) is 30.3 Å². The van der Waals surface area contributed by atoms with Gasteiger partial charge in [0.25, 0.3) is 5.91 Å². The van der Waals surface area contributed by atoms with Crippen molar-refractivity contribution >= 4 is 16.7 Å². The fourth-order valence-corrected chi connectivity index (χ4v) is 3.24. The Morgan fingerprint density at radius 2 is 2.16 bits per heavy atom. The van der Waals surface area contributed by atoms with Crippen molar-refractivity contribution in [2.45, 2.75) is 25.9 Å². The maximum absolute atomic E-state index is 12.8. The molecule has 7 nitrogen and oxygen atoms in total. The molecule has 3 aromatic rings. The van der Waals surface area contributed by atoms with Crippen LogP contribution in [0.1, 0.15) is 28.6 Å². The predicted octanol–water partition coefficient (Wildman–Crippen LogP) is 2.05. The molecule has 4 rings (SSSR count). The Hall–Kier alpha value is -2.96. The number of rotatable bonds is 4. The minimum absolute atomic E-state index is 0.167. The average molecular weight is 337 g/mol. The number of methoxy groups -OCH3 is 1. The van der Waals surface area contributed by atoms with Crippen LogP contribution in [0.3, 0.4) is 0 Å². The summed E-state index contributed by atoms with van der Waals surface area (Å²) in [5.41, 5.74) is 0.360. The monoisotopic (exact) mass is 337 g/mol. The Morgan fingerprint density at radius 3 is 3.00 bits per heavy atom. The van der Waals surface area contributed by atoms with Gasteiger partial charge in [0.1, 0.15) is 11.5 Å². The lowest BCUT2D eigenvalue weighted by Gasteiger charge is -2.17. The lowest BCUT2D eigenvalue weighted by Crippen LogP contribution is -2.28. The number of carbonyl (C=O) groups is 1. The highest BCUT2D eigenvalue weighted by Gasteiger charge is 2.22. The van der Waals surface area contributed by atoms with Gasteiger partial charge in [-0.15, -0.1) is 10.2 Å². The van der Waals surface area contributed by atoms with E-state index in [2.05, 4.69) is 19.7 Å². The lowest BCUT2D eigenvalue weighted by molar-refractivity contribution is 0.0773. The van der Waals surface area contributed by atoms with E-state index in [9.17, 15) is 4.79 Å². The second kappa shape index (κ2) is 6.16. The Morgan fingerprint density at radius 1 is 1.32 bits per heavy atom. The Balaban J connectivity index is 1.62. The molecule has 0 aliphatic carbocycles. The number of carbonyl (C=O) groups excluding carboxylic acids is 1. The van der Waals surface area contributed by atoms with Gasteiger partial charge in [-0.25, -0.2) is 4.98 Å². The summed E-state index contributed by atoms with van der Waals surface area (Å²) < 4.78 is 7.45. The SMILES string of the molecule is COc1nc(C(=O)N(C)Cc2nnc3n2CCC3)cc2ccccc12. The van der Waals surface area contributed by atoms with Gasteiger partial charge in [-0.1, -0.05) is 18.2 Å². The summed E-state index contributed by atoms with van der Waals surface area (Å²) in [6.07, 6.45) is 2.03. The minimum atomic E-state index is -0.167. The van der Waals surface area contributed by atoms with E-state index in [1.165, 1.54) is 0 Å². The molecular weight excluding hydrogens is 318 g/mol. The van der Waals surface area contributed by atoms with Crippen molar-refractivity contribution in [3.8, 4) is 5.88 Å². The van der Waals surface area contributed by atoms with Gasteiger partial charge in [0.05, 0.1) is 13.7 Å². The molecule has 1 aliphatic heterocycles. The number of fused-ring (bicyclic) bond motifs is 2. The van der Waals surface area contributed by atoms with Crippen LogP contribution in [0, 0.1) is 0 Å². The van der Waals surface area contributed by atoms with Gasteiger partial charge in [-0.2, -0.15) is 0 Å². The second-order valence-corrected chi connectivity index (χ2v) is 6.19. The zero-order chi connectivity index (χ0) is 17.4. The molecule has 0 unspecified atom stereocenters. The molecule has 1 amide bonds. The molecule has 0 spiro atoms. The van der Waals surface area contributed by atoms with E-state index in [0.717, 1.165) is 41.8 Å². The first kappa shape index (κ1) is 15.6. The smallest absolute Gasteiger partial charge is 0.272 e. The van der Waals surface area contributed by atoms with Crippen molar-refractivity contribution in [3.63, 3.8) is 0 Å². The molecule has 0 N–H and O–H groups in total. The molecule has 1 aliphatic rings. The fraction of sp³-hybridized carbons (Fsp3) is 0.333. The van der Waals surface area contributed by atoms with Crippen LogP contribution in [0.4, 0.5) is 0 Å². The van der Waals surface area contributed by atoms with Crippen molar-refractivity contribution in [1.29, 1.82) is 0 Å². The van der Waals surface area contributed by atoms with Gasteiger partial charge < -0.3 is 14.2 Å². The molecule has 0 atom stereocenters. The van der Waals surface area contributed by atoms with Crippen LogP contribution in [-0.2, 0) is 19.5 Å². The first-order valence-electron chi connectivity index (χ1n) is 8.27. The fourth-order valence-electron chi connectivity index (χ4n) is 3.24. The van der Waals surface area contributed by atoms with E-state index >= 15 is 0 Å². The highest BCUT2D eigenvalue weighted by molar-refractivity contribution is 5.98. The first-order valence-corrected chi connectivity index (χ1v) is 8.27. The summed E-state index contributed by atoms with van der Waals surface area (Å²) in [5, 5.41) is 10.2. The van der Waals surface area contributed by atoms with Crippen LogP contribution < -0.4 is 4.74 Å². The molecule has 0 saturated carbocycles. The van der Waals surface area contributed by atoms with E-state index in [1.807, 2.05) is 24.3 Å². The molecular formula is C18H19N5O2. The Bertz CT molecular complexity index is 950. The van der Waals surface area contributed by atoms with Crippen molar-refractivity contribution in [1.82, 2.24) is 24.6 Å². The van der Waals surface area contributed by atoms with E-state index < -0.39 is 0 Å². The second-order valence-electron chi connectivity index (χ2n) is 6.19. The standard InChI is InChI=1S/C18H19N5O2/c1-22(11-16-21-20-15-8-5-9-23(15)16)18(24)14-10-12-6-3-4-7-13(12)17(19-14)25-2/h3-4,6-7,10H,5,8-9,11H2,1-2H3. The lowest BCUT2D eigenvalue weighted by atomic mass is 10.1. The third-order valence-corrected chi connectivity index (χ3v) is 4.53. The van der Waals surface area contributed by atoms with Crippen LogP contribution >= 0.6 is 0 Å². The molecule has 128 valence electrons. The number of benzene rings is 1. The van der Waals surface area contributed by atoms with E-state index in [0.29, 0.717) is 18.1 Å². The number of nitrogens with zero attached hydrogens (tertiary/aromatic N) is 5. The van der Waals surface area contributed by atoms with Gasteiger partial charge in [0, 0.05) is 25.4 Å². The summed E-state index contributed by atoms with van der Waals surface area (Å²) in [5.74, 6) is 2.11. The normalized spacial score (nSPS) is 13.0. The quantitative estimate of drug-likeness (QED) is 0.728. The van der Waals surface area contributed by atoms with Gasteiger partial charge in [0.2, 0.25) is 5.88 Å². The van der Waals surface area contributed by atoms with Crippen molar-refractivity contribution in [3.05, 3.63) is 47.7 Å². The van der Waals surface area contributed by atoms with Crippen molar-refractivity contribution in [2.75, 3.05) is 14.2 Å². The Kier molecular flexibility index (Phi) is 3.83. The molecule has 0 fully saturated rings. The van der Waals surface area contributed by atoms with Gasteiger partial charge in [-0.3, -0.25) is 4.79 Å². The maximum atomic E-state index is 12.8. The Labute approximate surface area is 145 Å². The molecule has 3 heterocycles. The number of pyridine rings is 1. The van der Waals surface area contributed by atoms with Gasteiger partial charge >= 0.3 is 0 Å². The third-order valence-electron chi connectivity index (χ3n) is 4.53. The topological polar surface area (TPSA) is 73.1 Å². The molecule has 2 aromatic heterocycles. The summed E-state index contributed by atoms with van der Waals surface area (Å²) >= 11 is 0. The van der Waals surface area contributed by atoms with Gasteiger partial charge in [-0.05, 0) is 23.9 Å². The number of hydrogen-bond acceptors (Lipinski definition) is 5. The number of aryl methyl sites for hydroxylation is 1. The highest BCUT2D eigenvalue weighted by Crippen LogP contribution is 2.25. The predicted molar refractivity (Wildman–Crippen MR) is 92.4 cm³/mol. The number of amides is 1. The van der Waals surface area contributed by atoms with Crippen LogP contribution in [0.2, 0.25) is 0 Å². The zero-order valence-electron chi connectivity index (χ0n) is 14.3. The molecule has 0 radical (unpaired) electrons. The highest BCUT2D eigenvalue weighted by atomic mass is 16.5. The van der Waals surface area contributed by atoms with Gasteiger partial charge in [0.15, 0.2) is 5.82 Å². The van der Waals surface area contributed by atoms with Crippen LogP contribution in [0.25, 0.3) is 10.8 Å². The molecule has 0 saturated heterocycles. The van der Waals surface area contributed by atoms with Crippen molar-refractivity contribution < 1.29 is 9.53 Å². The van der Waals surface area contributed by atoms with Crippen LogP contribution in [-0.4, -0.2) is 44.7 Å². The third kappa shape index (κ3) is 2.71. The van der Waals surface area contributed by atoms with Crippen LogP contribution in [0.5, 0.6) is 5.88 Å². The van der Waals surface area contributed by atoms with E-state index in [1.54, 1.807) is 25.1 Å². The average Bonchev–Trinajstić information content (AvgIpc) is 3.25. The summed E-state index contributed by atoms with van der Waals surface area (Å²) in [7, 11) is 3.31. The largest absolute Gasteiger partial charge is 0.481 e. The number of ether oxygens (including phenoxy) is 1. The molecule has 25 heavy (non-hydrogen) atoms. The summed E-state index contributed by atoms with van der Waals surface area (Å²) in [6, 6.07) is 9.52. The van der Waals surface area contributed by atoms with Crippen molar-refractivity contribution in [2.24, 2.45) is 0 Å². The summed E-state index contributed by atoms with van der Waals surface area (Å²) in [4.78, 5) is 18.8. The maximum Gasteiger partial charge on any atom is 0.272 e. The minimum Gasteiger partial charge on any atom is -0.481 e. The van der Waals surface area contributed by atoms with E-state index in [-0.39, 0.29) is 5.91 Å². The number of aromatic nitrogens is 4. The number of hydrogen-bond donors (Lipinski definition) is 0. The zero-order valence-corrected chi connectivity index (χ0v) is 14.3. The first-order chi connectivity index (χ1) is 12.2.